The Bertz CT molecular complexity index is 593. The molecule has 2 aromatic heterocycles. The molecule has 2 aromatic rings. The number of hydrogen-bond donors (Lipinski definition) is 2. The van der Waals surface area contributed by atoms with Gasteiger partial charge in [0.2, 0.25) is 0 Å². The van der Waals surface area contributed by atoms with Crippen LogP contribution in [0.1, 0.15) is 35.5 Å². The minimum atomic E-state index is -0.0168. The summed E-state index contributed by atoms with van der Waals surface area (Å²) in [5, 5.41) is 5.16. The number of nitrogens with one attached hydrogen (secondary N) is 1. The second-order valence-electron chi connectivity index (χ2n) is 4.82. The van der Waals surface area contributed by atoms with Crippen LogP contribution in [-0.2, 0) is 13.0 Å². The third-order valence-corrected chi connectivity index (χ3v) is 3.98. The van der Waals surface area contributed by atoms with Crippen LogP contribution in [0.4, 0.5) is 0 Å². The maximum Gasteiger partial charge on any atom is 0.0847 e. The van der Waals surface area contributed by atoms with Crippen molar-refractivity contribution in [3.63, 3.8) is 0 Å². The first-order valence-electron chi connectivity index (χ1n) is 6.66. The minimum absolute atomic E-state index is 0.0168. The number of halogens is 1. The average molecular weight is 294 g/mol. The number of hydrazine groups is 1. The summed E-state index contributed by atoms with van der Waals surface area (Å²) in [7, 11) is 0. The Morgan fingerprint density at radius 3 is 2.80 bits per heavy atom. The predicted molar refractivity (Wildman–Crippen MR) is 80.4 cm³/mol. The van der Waals surface area contributed by atoms with E-state index in [1.807, 2.05) is 30.8 Å². The number of aromatic nitrogens is 3. The number of pyridine rings is 1. The first-order valence-corrected chi connectivity index (χ1v) is 7.04. The largest absolute Gasteiger partial charge is 0.271 e. The van der Waals surface area contributed by atoms with Crippen molar-refractivity contribution in [3.05, 3.63) is 46.0 Å². The van der Waals surface area contributed by atoms with Crippen molar-refractivity contribution in [2.45, 2.75) is 39.8 Å². The van der Waals surface area contributed by atoms with Crippen molar-refractivity contribution in [2.24, 2.45) is 5.84 Å². The van der Waals surface area contributed by atoms with Crippen molar-refractivity contribution in [3.8, 4) is 0 Å². The van der Waals surface area contributed by atoms with Crippen LogP contribution in [0.25, 0.3) is 0 Å². The molecule has 0 radical (unpaired) electrons. The van der Waals surface area contributed by atoms with Gasteiger partial charge in [0.1, 0.15) is 0 Å². The fraction of sp³-hybridized carbons (Fsp3) is 0.429. The minimum Gasteiger partial charge on any atom is -0.271 e. The van der Waals surface area contributed by atoms with Crippen LogP contribution < -0.4 is 11.3 Å². The van der Waals surface area contributed by atoms with Crippen molar-refractivity contribution in [2.75, 3.05) is 0 Å². The van der Waals surface area contributed by atoms with E-state index < -0.39 is 0 Å². The van der Waals surface area contributed by atoms with E-state index in [4.69, 9.17) is 17.4 Å². The van der Waals surface area contributed by atoms with Crippen LogP contribution in [0.2, 0.25) is 5.02 Å². The molecule has 108 valence electrons. The van der Waals surface area contributed by atoms with Crippen molar-refractivity contribution >= 4 is 11.6 Å². The van der Waals surface area contributed by atoms with Crippen LogP contribution >= 0.6 is 11.6 Å². The molecule has 2 rings (SSSR count). The van der Waals surface area contributed by atoms with Gasteiger partial charge in [-0.05, 0) is 38.0 Å². The lowest BCUT2D eigenvalue weighted by Gasteiger charge is -2.19. The highest BCUT2D eigenvalue weighted by molar-refractivity contribution is 6.31. The number of aryl methyl sites for hydroxylation is 3. The molecular weight excluding hydrogens is 274 g/mol. The van der Waals surface area contributed by atoms with Gasteiger partial charge in [-0.2, -0.15) is 5.10 Å². The first-order chi connectivity index (χ1) is 9.58. The Labute approximate surface area is 124 Å². The summed E-state index contributed by atoms with van der Waals surface area (Å²) in [4.78, 5) is 4.11. The Morgan fingerprint density at radius 2 is 2.20 bits per heavy atom. The molecule has 1 unspecified atom stereocenters. The van der Waals surface area contributed by atoms with Gasteiger partial charge in [-0.3, -0.25) is 20.9 Å². The molecule has 2 heterocycles. The van der Waals surface area contributed by atoms with Gasteiger partial charge in [0.25, 0.3) is 0 Å². The standard InChI is InChI=1S/C14H20ClN5/c1-4-20-13(14(15)10(3)19-20)7-12(18-16)11-5-6-17-8-9(11)2/h5-6,8,12,18H,4,7,16H2,1-3H3. The van der Waals surface area contributed by atoms with E-state index in [2.05, 4.69) is 22.4 Å². The third kappa shape index (κ3) is 2.85. The van der Waals surface area contributed by atoms with E-state index in [0.29, 0.717) is 6.42 Å². The third-order valence-electron chi connectivity index (χ3n) is 3.49. The molecule has 0 saturated heterocycles. The predicted octanol–water partition coefficient (Wildman–Crippen LogP) is 2.32. The average Bonchev–Trinajstić information content (AvgIpc) is 2.73. The fourth-order valence-corrected chi connectivity index (χ4v) is 2.60. The molecule has 0 aliphatic carbocycles. The second kappa shape index (κ2) is 6.35. The lowest BCUT2D eigenvalue weighted by molar-refractivity contribution is 0.515. The van der Waals surface area contributed by atoms with Crippen LogP contribution in [-0.4, -0.2) is 14.8 Å². The Balaban J connectivity index is 2.34. The summed E-state index contributed by atoms with van der Waals surface area (Å²) >= 11 is 6.36. The molecule has 0 saturated carbocycles. The zero-order valence-corrected chi connectivity index (χ0v) is 12.8. The highest BCUT2D eigenvalue weighted by Crippen LogP contribution is 2.26. The van der Waals surface area contributed by atoms with E-state index >= 15 is 0 Å². The lowest BCUT2D eigenvalue weighted by atomic mass is 9.99. The molecule has 20 heavy (non-hydrogen) atoms. The Morgan fingerprint density at radius 1 is 1.45 bits per heavy atom. The molecular formula is C14H20ClN5. The Kier molecular flexibility index (Phi) is 4.75. The van der Waals surface area contributed by atoms with Gasteiger partial charge >= 0.3 is 0 Å². The summed E-state index contributed by atoms with van der Waals surface area (Å²) in [5.41, 5.74) is 6.95. The van der Waals surface area contributed by atoms with E-state index in [0.717, 1.165) is 34.1 Å². The van der Waals surface area contributed by atoms with Crippen molar-refractivity contribution in [1.82, 2.24) is 20.2 Å². The summed E-state index contributed by atoms with van der Waals surface area (Å²) in [5.74, 6) is 5.73. The Hall–Kier alpha value is -1.43. The SMILES string of the molecule is CCn1nc(C)c(Cl)c1CC(NN)c1ccncc1C. The molecule has 3 N–H and O–H groups in total. The van der Waals surface area contributed by atoms with Gasteiger partial charge < -0.3 is 0 Å². The highest BCUT2D eigenvalue weighted by atomic mass is 35.5. The van der Waals surface area contributed by atoms with E-state index in [-0.39, 0.29) is 6.04 Å². The molecule has 0 bridgehead atoms. The van der Waals surface area contributed by atoms with Crippen LogP contribution in [0.15, 0.2) is 18.5 Å². The van der Waals surface area contributed by atoms with Gasteiger partial charge in [0.05, 0.1) is 22.5 Å². The normalized spacial score (nSPS) is 12.7. The van der Waals surface area contributed by atoms with Crippen molar-refractivity contribution < 1.29 is 0 Å². The van der Waals surface area contributed by atoms with E-state index in [9.17, 15) is 0 Å². The smallest absolute Gasteiger partial charge is 0.0847 e. The quantitative estimate of drug-likeness (QED) is 0.656. The summed E-state index contributed by atoms with van der Waals surface area (Å²) in [6.07, 6.45) is 4.30. The molecule has 0 aliphatic heterocycles. The maximum absolute atomic E-state index is 6.36. The molecule has 6 heteroatoms. The lowest BCUT2D eigenvalue weighted by Crippen LogP contribution is -2.31. The summed E-state index contributed by atoms with van der Waals surface area (Å²) in [6, 6.07) is 1.96. The van der Waals surface area contributed by atoms with E-state index in [1.54, 1.807) is 6.20 Å². The fourth-order valence-electron chi connectivity index (χ4n) is 2.39. The molecule has 5 nitrogen and oxygen atoms in total. The van der Waals surface area contributed by atoms with Gasteiger partial charge in [0.15, 0.2) is 0 Å². The van der Waals surface area contributed by atoms with Gasteiger partial charge in [-0.15, -0.1) is 0 Å². The first kappa shape index (κ1) is 15.0. The monoisotopic (exact) mass is 293 g/mol. The van der Waals surface area contributed by atoms with Crippen LogP contribution in [0, 0.1) is 13.8 Å². The number of nitrogens with two attached hydrogens (primary N) is 1. The van der Waals surface area contributed by atoms with Crippen LogP contribution in [0.3, 0.4) is 0 Å². The van der Waals surface area contributed by atoms with Gasteiger partial charge in [0, 0.05) is 25.4 Å². The zero-order chi connectivity index (χ0) is 14.7. The van der Waals surface area contributed by atoms with E-state index in [1.165, 1.54) is 0 Å². The molecule has 0 aromatic carbocycles. The maximum atomic E-state index is 6.36. The second-order valence-corrected chi connectivity index (χ2v) is 5.20. The van der Waals surface area contributed by atoms with Gasteiger partial charge in [-0.1, -0.05) is 11.6 Å². The van der Waals surface area contributed by atoms with Crippen molar-refractivity contribution in [1.29, 1.82) is 0 Å². The number of nitrogens with zero attached hydrogens (tertiary/aromatic N) is 3. The topological polar surface area (TPSA) is 68.8 Å². The zero-order valence-electron chi connectivity index (χ0n) is 12.0. The highest BCUT2D eigenvalue weighted by Gasteiger charge is 2.19. The summed E-state index contributed by atoms with van der Waals surface area (Å²) in [6.45, 7) is 6.78. The van der Waals surface area contributed by atoms with Gasteiger partial charge in [-0.25, -0.2) is 0 Å². The summed E-state index contributed by atoms with van der Waals surface area (Å²) < 4.78 is 1.93. The molecule has 0 amide bonds. The molecule has 0 aliphatic rings. The molecule has 1 atom stereocenters. The number of rotatable bonds is 5. The number of hydrogen-bond acceptors (Lipinski definition) is 4. The molecule has 0 spiro atoms. The van der Waals surface area contributed by atoms with Crippen LogP contribution in [0.5, 0.6) is 0 Å². The molecule has 0 fully saturated rings.